The number of rotatable bonds is 7. The van der Waals surface area contributed by atoms with Gasteiger partial charge in [-0.3, -0.25) is 9.59 Å². The van der Waals surface area contributed by atoms with Gasteiger partial charge in [0.25, 0.3) is 5.91 Å². The van der Waals surface area contributed by atoms with Crippen molar-refractivity contribution in [3.63, 3.8) is 0 Å². The first-order valence-electron chi connectivity index (χ1n) is 7.53. The van der Waals surface area contributed by atoms with E-state index in [0.29, 0.717) is 37.6 Å². The minimum absolute atomic E-state index is 0.0714. The number of nitrogens with zero attached hydrogens (tertiary/aromatic N) is 1. The number of hydrogen-bond donors (Lipinski definition) is 1. The summed E-state index contributed by atoms with van der Waals surface area (Å²) in [6.07, 6.45) is 1.52. The number of carbonyl (C=O) groups excluding carboxylic acids is 2. The van der Waals surface area contributed by atoms with Crippen molar-refractivity contribution in [3.8, 4) is 11.5 Å². The third kappa shape index (κ3) is 4.13. The fourth-order valence-electron chi connectivity index (χ4n) is 2.35. The van der Waals surface area contributed by atoms with Crippen molar-refractivity contribution in [2.24, 2.45) is 11.7 Å². The van der Waals surface area contributed by atoms with Gasteiger partial charge in [0.15, 0.2) is 18.1 Å². The SMILES string of the molecule is CCCOc1ccccc1OCC(=O)N1CC[C@@H](C(N)=O)C1. The summed E-state index contributed by atoms with van der Waals surface area (Å²) in [5.74, 6) is 0.441. The molecule has 0 spiro atoms. The molecule has 0 unspecified atom stereocenters. The Balaban J connectivity index is 1.88. The lowest BCUT2D eigenvalue weighted by Gasteiger charge is -2.17. The van der Waals surface area contributed by atoms with E-state index in [1.807, 2.05) is 25.1 Å². The number of nitrogens with two attached hydrogens (primary N) is 1. The van der Waals surface area contributed by atoms with E-state index >= 15 is 0 Å². The van der Waals surface area contributed by atoms with Gasteiger partial charge in [0.1, 0.15) is 0 Å². The van der Waals surface area contributed by atoms with Gasteiger partial charge in [0.2, 0.25) is 5.91 Å². The summed E-state index contributed by atoms with van der Waals surface area (Å²) >= 11 is 0. The largest absolute Gasteiger partial charge is 0.490 e. The molecule has 1 saturated heterocycles. The number of hydrogen-bond acceptors (Lipinski definition) is 4. The van der Waals surface area contributed by atoms with Crippen LogP contribution < -0.4 is 15.2 Å². The van der Waals surface area contributed by atoms with Gasteiger partial charge in [0, 0.05) is 13.1 Å². The van der Waals surface area contributed by atoms with Gasteiger partial charge in [-0.15, -0.1) is 0 Å². The van der Waals surface area contributed by atoms with Crippen LogP contribution in [0.25, 0.3) is 0 Å². The van der Waals surface area contributed by atoms with Crippen molar-refractivity contribution in [2.45, 2.75) is 19.8 Å². The molecular weight excluding hydrogens is 284 g/mol. The number of ether oxygens (including phenoxy) is 2. The first-order chi connectivity index (χ1) is 10.6. The third-order valence-corrected chi connectivity index (χ3v) is 3.61. The minimum Gasteiger partial charge on any atom is -0.490 e. The van der Waals surface area contributed by atoms with E-state index in [4.69, 9.17) is 15.2 Å². The molecule has 22 heavy (non-hydrogen) atoms. The first kappa shape index (κ1) is 16.1. The number of primary amides is 1. The number of carbonyl (C=O) groups is 2. The molecule has 6 nitrogen and oxygen atoms in total. The molecule has 0 bridgehead atoms. The fraction of sp³-hybridized carbons (Fsp3) is 0.500. The zero-order valence-corrected chi connectivity index (χ0v) is 12.8. The Morgan fingerprint density at radius 3 is 2.55 bits per heavy atom. The van der Waals surface area contributed by atoms with Crippen LogP contribution in [0.2, 0.25) is 0 Å². The third-order valence-electron chi connectivity index (χ3n) is 3.61. The molecule has 0 radical (unpaired) electrons. The van der Waals surface area contributed by atoms with Crippen LogP contribution in [0.1, 0.15) is 19.8 Å². The lowest BCUT2D eigenvalue weighted by molar-refractivity contribution is -0.132. The van der Waals surface area contributed by atoms with E-state index in [1.54, 1.807) is 11.0 Å². The second-order valence-corrected chi connectivity index (χ2v) is 5.31. The van der Waals surface area contributed by atoms with Gasteiger partial charge in [-0.1, -0.05) is 19.1 Å². The summed E-state index contributed by atoms with van der Waals surface area (Å²) in [6.45, 7) is 3.48. The molecular formula is C16H22N2O4. The molecule has 120 valence electrons. The summed E-state index contributed by atoms with van der Waals surface area (Å²) in [7, 11) is 0. The lowest BCUT2D eigenvalue weighted by Crippen LogP contribution is -2.34. The second-order valence-electron chi connectivity index (χ2n) is 5.31. The van der Waals surface area contributed by atoms with E-state index in [0.717, 1.165) is 6.42 Å². The first-order valence-corrected chi connectivity index (χ1v) is 7.53. The Hall–Kier alpha value is -2.24. The number of para-hydroxylation sites is 2. The maximum Gasteiger partial charge on any atom is 0.260 e. The average molecular weight is 306 g/mol. The van der Waals surface area contributed by atoms with E-state index in [2.05, 4.69) is 0 Å². The monoisotopic (exact) mass is 306 g/mol. The highest BCUT2D eigenvalue weighted by Gasteiger charge is 2.29. The Labute approximate surface area is 130 Å². The van der Waals surface area contributed by atoms with Crippen molar-refractivity contribution in [2.75, 3.05) is 26.3 Å². The highest BCUT2D eigenvalue weighted by Crippen LogP contribution is 2.26. The maximum absolute atomic E-state index is 12.1. The fourth-order valence-corrected chi connectivity index (χ4v) is 2.35. The molecule has 2 rings (SSSR count). The summed E-state index contributed by atoms with van der Waals surface area (Å²) < 4.78 is 11.2. The molecule has 1 fully saturated rings. The van der Waals surface area contributed by atoms with E-state index in [-0.39, 0.29) is 24.3 Å². The molecule has 1 aliphatic heterocycles. The Morgan fingerprint density at radius 1 is 1.27 bits per heavy atom. The van der Waals surface area contributed by atoms with Gasteiger partial charge in [0.05, 0.1) is 12.5 Å². The van der Waals surface area contributed by atoms with Crippen LogP contribution in [0.15, 0.2) is 24.3 Å². The normalized spacial score (nSPS) is 17.3. The summed E-state index contributed by atoms with van der Waals surface area (Å²) in [5.41, 5.74) is 5.27. The maximum atomic E-state index is 12.1. The molecule has 1 heterocycles. The van der Waals surface area contributed by atoms with Gasteiger partial charge in [-0.05, 0) is 25.0 Å². The molecule has 0 aliphatic carbocycles. The molecule has 2 N–H and O–H groups in total. The number of amides is 2. The summed E-state index contributed by atoms with van der Waals surface area (Å²) in [6, 6.07) is 7.28. The Kier molecular flexibility index (Phi) is 5.63. The molecule has 0 aromatic heterocycles. The zero-order valence-electron chi connectivity index (χ0n) is 12.8. The van der Waals surface area contributed by atoms with Crippen molar-refractivity contribution in [1.29, 1.82) is 0 Å². The summed E-state index contributed by atoms with van der Waals surface area (Å²) in [4.78, 5) is 24.9. The van der Waals surface area contributed by atoms with Crippen LogP contribution in [0.4, 0.5) is 0 Å². The van der Waals surface area contributed by atoms with Crippen LogP contribution in [-0.4, -0.2) is 43.0 Å². The lowest BCUT2D eigenvalue weighted by atomic mass is 10.1. The highest BCUT2D eigenvalue weighted by molar-refractivity contribution is 5.81. The zero-order chi connectivity index (χ0) is 15.9. The van der Waals surface area contributed by atoms with E-state index in [9.17, 15) is 9.59 Å². The molecule has 1 aliphatic rings. The van der Waals surface area contributed by atoms with Crippen LogP contribution in [0, 0.1) is 5.92 Å². The minimum atomic E-state index is -0.352. The van der Waals surface area contributed by atoms with Crippen molar-refractivity contribution in [1.82, 2.24) is 4.90 Å². The van der Waals surface area contributed by atoms with Crippen molar-refractivity contribution < 1.29 is 19.1 Å². The molecule has 2 amide bonds. The smallest absolute Gasteiger partial charge is 0.260 e. The Bertz CT molecular complexity index is 533. The van der Waals surface area contributed by atoms with Crippen molar-refractivity contribution >= 4 is 11.8 Å². The number of benzene rings is 1. The van der Waals surface area contributed by atoms with Gasteiger partial charge >= 0.3 is 0 Å². The van der Waals surface area contributed by atoms with Crippen LogP contribution >= 0.6 is 0 Å². The predicted octanol–water partition coefficient (Wildman–Crippen LogP) is 1.19. The summed E-state index contributed by atoms with van der Waals surface area (Å²) in [5, 5.41) is 0. The van der Waals surface area contributed by atoms with Crippen LogP contribution in [0.3, 0.4) is 0 Å². The molecule has 6 heteroatoms. The highest BCUT2D eigenvalue weighted by atomic mass is 16.5. The second kappa shape index (κ2) is 7.68. The standard InChI is InChI=1S/C16H22N2O4/c1-2-9-21-13-5-3-4-6-14(13)22-11-15(19)18-8-7-12(10-18)16(17)20/h3-6,12H,2,7-11H2,1H3,(H2,17,20)/t12-/m1/s1. The van der Waals surface area contributed by atoms with Crippen molar-refractivity contribution in [3.05, 3.63) is 24.3 Å². The predicted molar refractivity (Wildman–Crippen MR) is 81.6 cm³/mol. The molecule has 1 aromatic rings. The molecule has 1 atom stereocenters. The average Bonchev–Trinajstić information content (AvgIpc) is 3.01. The topological polar surface area (TPSA) is 81.9 Å². The van der Waals surface area contributed by atoms with Crippen LogP contribution in [-0.2, 0) is 9.59 Å². The van der Waals surface area contributed by atoms with Gasteiger partial charge in [-0.2, -0.15) is 0 Å². The molecule has 0 saturated carbocycles. The van der Waals surface area contributed by atoms with E-state index < -0.39 is 0 Å². The number of likely N-dealkylation sites (tertiary alicyclic amines) is 1. The van der Waals surface area contributed by atoms with E-state index in [1.165, 1.54) is 0 Å². The Morgan fingerprint density at radius 2 is 1.95 bits per heavy atom. The van der Waals surface area contributed by atoms with Crippen LogP contribution in [0.5, 0.6) is 11.5 Å². The van der Waals surface area contributed by atoms with Gasteiger partial charge in [-0.25, -0.2) is 0 Å². The van der Waals surface area contributed by atoms with Gasteiger partial charge < -0.3 is 20.1 Å². The quantitative estimate of drug-likeness (QED) is 0.820. The molecule has 1 aromatic carbocycles.